The van der Waals surface area contributed by atoms with E-state index in [1.54, 1.807) is 0 Å². The van der Waals surface area contributed by atoms with Crippen molar-refractivity contribution in [3.63, 3.8) is 0 Å². The Bertz CT molecular complexity index is 1110. The van der Waals surface area contributed by atoms with Crippen molar-refractivity contribution in [2.75, 3.05) is 0 Å². The van der Waals surface area contributed by atoms with Gasteiger partial charge < -0.3 is 0 Å². The number of hydrogen-bond donors (Lipinski definition) is 0. The standard InChI is InChI=1S/C32H38N2/c1-3-5-9-19-27-29(20-10-6-4-2)34-31-28(30(27)26-17-13-8-14-18-26)21-22-32(31,24-33)23-25-15-11-7-12-16-25/h7-8,11-18H,3-6,9-10,19-23H2,1-2H3/t32-/m0/s1. The summed E-state index contributed by atoms with van der Waals surface area (Å²) < 4.78 is 0. The number of aromatic nitrogens is 1. The highest BCUT2D eigenvalue weighted by Crippen LogP contribution is 2.46. The minimum atomic E-state index is -0.540. The molecule has 0 spiro atoms. The van der Waals surface area contributed by atoms with Crippen LogP contribution in [0.1, 0.15) is 86.9 Å². The van der Waals surface area contributed by atoms with Crippen molar-refractivity contribution < 1.29 is 0 Å². The van der Waals surface area contributed by atoms with Crippen LogP contribution >= 0.6 is 0 Å². The first-order valence-electron chi connectivity index (χ1n) is 13.3. The molecular formula is C32H38N2. The van der Waals surface area contributed by atoms with Gasteiger partial charge in [-0.2, -0.15) is 5.26 Å². The summed E-state index contributed by atoms with van der Waals surface area (Å²) in [6.07, 6.45) is 11.9. The molecule has 3 aromatic rings. The number of nitrogens with zero attached hydrogens (tertiary/aromatic N) is 2. The maximum Gasteiger partial charge on any atom is 0.104 e. The van der Waals surface area contributed by atoms with Gasteiger partial charge in [0.25, 0.3) is 0 Å². The first-order chi connectivity index (χ1) is 16.7. The number of fused-ring (bicyclic) bond motifs is 1. The lowest BCUT2D eigenvalue weighted by molar-refractivity contribution is 0.526. The van der Waals surface area contributed by atoms with E-state index < -0.39 is 5.41 Å². The zero-order chi connectivity index (χ0) is 23.8. The predicted molar refractivity (Wildman–Crippen MR) is 142 cm³/mol. The second-order valence-electron chi connectivity index (χ2n) is 9.88. The normalized spacial score (nSPS) is 16.9. The number of nitriles is 1. The molecule has 0 aliphatic heterocycles. The highest BCUT2D eigenvalue weighted by Gasteiger charge is 2.43. The molecule has 0 fully saturated rings. The van der Waals surface area contributed by atoms with Crippen LogP contribution < -0.4 is 0 Å². The molecule has 34 heavy (non-hydrogen) atoms. The van der Waals surface area contributed by atoms with Gasteiger partial charge in [-0.15, -0.1) is 0 Å². The van der Waals surface area contributed by atoms with E-state index in [1.807, 2.05) is 6.07 Å². The summed E-state index contributed by atoms with van der Waals surface area (Å²) in [4.78, 5) is 5.39. The zero-order valence-corrected chi connectivity index (χ0v) is 20.9. The van der Waals surface area contributed by atoms with E-state index in [2.05, 4.69) is 74.5 Å². The van der Waals surface area contributed by atoms with Gasteiger partial charge in [0.2, 0.25) is 0 Å². The average molecular weight is 451 g/mol. The van der Waals surface area contributed by atoms with Crippen LogP contribution in [0.4, 0.5) is 0 Å². The van der Waals surface area contributed by atoms with Crippen molar-refractivity contribution in [2.45, 2.75) is 89.9 Å². The van der Waals surface area contributed by atoms with Gasteiger partial charge in [0, 0.05) is 5.69 Å². The van der Waals surface area contributed by atoms with Gasteiger partial charge in [0.15, 0.2) is 0 Å². The third-order valence-corrected chi connectivity index (χ3v) is 7.41. The van der Waals surface area contributed by atoms with Crippen LogP contribution in [0.15, 0.2) is 60.7 Å². The third-order valence-electron chi connectivity index (χ3n) is 7.41. The minimum Gasteiger partial charge on any atom is -0.256 e. The summed E-state index contributed by atoms with van der Waals surface area (Å²) in [5.41, 5.74) is 8.44. The summed E-state index contributed by atoms with van der Waals surface area (Å²) in [6.45, 7) is 4.53. The van der Waals surface area contributed by atoms with E-state index >= 15 is 0 Å². The summed E-state index contributed by atoms with van der Waals surface area (Å²) in [5.74, 6) is 0. The Labute approximate surface area is 206 Å². The topological polar surface area (TPSA) is 36.7 Å². The Morgan fingerprint density at radius 3 is 2.15 bits per heavy atom. The first kappa shape index (κ1) is 24.2. The van der Waals surface area contributed by atoms with Crippen LogP contribution in [0.2, 0.25) is 0 Å². The summed E-state index contributed by atoms with van der Waals surface area (Å²) in [5, 5.41) is 10.5. The van der Waals surface area contributed by atoms with Gasteiger partial charge in [-0.3, -0.25) is 4.98 Å². The fourth-order valence-electron chi connectivity index (χ4n) is 5.60. The number of pyridine rings is 1. The maximum atomic E-state index is 10.5. The maximum absolute atomic E-state index is 10.5. The Balaban J connectivity index is 1.88. The van der Waals surface area contributed by atoms with E-state index in [4.69, 9.17) is 4.98 Å². The molecule has 2 aromatic carbocycles. The molecule has 1 aromatic heterocycles. The molecule has 0 saturated carbocycles. The lowest BCUT2D eigenvalue weighted by Crippen LogP contribution is -2.26. The lowest BCUT2D eigenvalue weighted by Gasteiger charge is -2.25. The van der Waals surface area contributed by atoms with Gasteiger partial charge in [-0.25, -0.2) is 0 Å². The van der Waals surface area contributed by atoms with Crippen molar-refractivity contribution >= 4 is 0 Å². The molecule has 1 aliphatic rings. The van der Waals surface area contributed by atoms with Crippen molar-refractivity contribution in [1.29, 1.82) is 5.26 Å². The second kappa shape index (κ2) is 11.5. The predicted octanol–water partition coefficient (Wildman–Crippen LogP) is 8.16. The molecule has 0 unspecified atom stereocenters. The number of hydrogen-bond acceptors (Lipinski definition) is 2. The Morgan fingerprint density at radius 1 is 0.853 bits per heavy atom. The number of aryl methyl sites for hydroxylation is 1. The van der Waals surface area contributed by atoms with E-state index in [1.165, 1.54) is 65.6 Å². The van der Waals surface area contributed by atoms with Crippen molar-refractivity contribution in [1.82, 2.24) is 4.98 Å². The van der Waals surface area contributed by atoms with Gasteiger partial charge in [0.1, 0.15) is 5.41 Å². The van der Waals surface area contributed by atoms with Crippen LogP contribution in [-0.2, 0) is 31.1 Å². The van der Waals surface area contributed by atoms with E-state index in [0.29, 0.717) is 0 Å². The molecule has 2 heteroatoms. The molecule has 176 valence electrons. The molecule has 0 radical (unpaired) electrons. The average Bonchev–Trinajstić information content (AvgIpc) is 3.23. The zero-order valence-electron chi connectivity index (χ0n) is 20.9. The molecule has 2 nitrogen and oxygen atoms in total. The van der Waals surface area contributed by atoms with Crippen molar-refractivity contribution in [3.8, 4) is 17.2 Å². The number of benzene rings is 2. The quantitative estimate of drug-likeness (QED) is 0.276. The lowest BCUT2D eigenvalue weighted by atomic mass is 9.79. The molecule has 0 saturated heterocycles. The van der Waals surface area contributed by atoms with E-state index in [0.717, 1.165) is 44.2 Å². The summed E-state index contributed by atoms with van der Waals surface area (Å²) in [6, 6.07) is 24.1. The third kappa shape index (κ3) is 5.10. The number of unbranched alkanes of at least 4 members (excludes halogenated alkanes) is 4. The Kier molecular flexibility index (Phi) is 8.17. The second-order valence-corrected chi connectivity index (χ2v) is 9.88. The first-order valence-corrected chi connectivity index (χ1v) is 13.3. The van der Waals surface area contributed by atoms with Gasteiger partial charge in [0.05, 0.1) is 11.8 Å². The van der Waals surface area contributed by atoms with Crippen LogP contribution in [0, 0.1) is 11.3 Å². The molecule has 0 N–H and O–H groups in total. The van der Waals surface area contributed by atoms with E-state index in [-0.39, 0.29) is 0 Å². The van der Waals surface area contributed by atoms with Crippen LogP contribution in [0.25, 0.3) is 11.1 Å². The molecule has 4 rings (SSSR count). The molecular weight excluding hydrogens is 412 g/mol. The SMILES string of the molecule is CCCCCc1nc2c(c(-c3ccccc3)c1CCCCC)CC[C@@]2(C#N)Cc1ccccc1. The van der Waals surface area contributed by atoms with E-state index in [9.17, 15) is 5.26 Å². The highest BCUT2D eigenvalue weighted by molar-refractivity contribution is 5.74. The van der Waals surface area contributed by atoms with Crippen LogP contribution in [0.5, 0.6) is 0 Å². The van der Waals surface area contributed by atoms with Crippen molar-refractivity contribution in [2.24, 2.45) is 0 Å². The van der Waals surface area contributed by atoms with Gasteiger partial charge in [-0.05, 0) is 72.8 Å². The fraction of sp³-hybridized carbons (Fsp3) is 0.438. The monoisotopic (exact) mass is 450 g/mol. The van der Waals surface area contributed by atoms with Gasteiger partial charge in [-0.1, -0.05) is 100 Å². The smallest absolute Gasteiger partial charge is 0.104 e. The van der Waals surface area contributed by atoms with Crippen LogP contribution in [0.3, 0.4) is 0 Å². The molecule has 1 aliphatic carbocycles. The van der Waals surface area contributed by atoms with Gasteiger partial charge >= 0.3 is 0 Å². The largest absolute Gasteiger partial charge is 0.256 e. The highest BCUT2D eigenvalue weighted by atomic mass is 14.8. The Morgan fingerprint density at radius 2 is 1.50 bits per heavy atom. The molecule has 0 bridgehead atoms. The summed E-state index contributed by atoms with van der Waals surface area (Å²) >= 11 is 0. The number of rotatable bonds is 11. The van der Waals surface area contributed by atoms with Crippen molar-refractivity contribution in [3.05, 3.63) is 88.7 Å². The molecule has 1 heterocycles. The van der Waals surface area contributed by atoms with Crippen LogP contribution in [-0.4, -0.2) is 4.98 Å². The summed E-state index contributed by atoms with van der Waals surface area (Å²) in [7, 11) is 0. The minimum absolute atomic E-state index is 0.540. The fourth-order valence-corrected chi connectivity index (χ4v) is 5.60. The molecule has 0 amide bonds. The molecule has 1 atom stereocenters. The Hall–Kier alpha value is -2.92.